The van der Waals surface area contributed by atoms with Crippen LogP contribution in [0.1, 0.15) is 42.8 Å². The van der Waals surface area contributed by atoms with Gasteiger partial charge in [0, 0.05) is 33.1 Å². The normalized spacial score (nSPS) is 25.5. The van der Waals surface area contributed by atoms with E-state index in [0.717, 1.165) is 24.7 Å². The molecule has 25 heavy (non-hydrogen) atoms. The Morgan fingerprint density at radius 3 is 2.32 bits per heavy atom. The summed E-state index contributed by atoms with van der Waals surface area (Å²) < 4.78 is 5.38. The van der Waals surface area contributed by atoms with Crippen LogP contribution in [0.5, 0.6) is 0 Å². The minimum absolute atomic E-state index is 0.462. The van der Waals surface area contributed by atoms with Crippen LogP contribution in [0.4, 0.5) is 0 Å². The Morgan fingerprint density at radius 1 is 1.00 bits per heavy atom. The zero-order valence-electron chi connectivity index (χ0n) is 15.3. The Bertz CT molecular complexity index is 679. The maximum atomic E-state index is 5.38. The molecule has 4 nitrogen and oxygen atoms in total. The third-order valence-corrected chi connectivity index (χ3v) is 5.78. The first kappa shape index (κ1) is 16.8. The molecule has 0 unspecified atom stereocenters. The number of nitrogens with zero attached hydrogens (tertiary/aromatic N) is 3. The van der Waals surface area contributed by atoms with Crippen LogP contribution >= 0.6 is 0 Å². The van der Waals surface area contributed by atoms with E-state index in [1.54, 1.807) is 0 Å². The molecule has 0 saturated carbocycles. The Balaban J connectivity index is 1.39. The van der Waals surface area contributed by atoms with Crippen molar-refractivity contribution >= 4 is 0 Å². The molecule has 4 rings (SSSR count). The average molecular weight is 339 g/mol. The van der Waals surface area contributed by atoms with Gasteiger partial charge in [0.2, 0.25) is 0 Å². The number of benzene rings is 1. The first-order valence-electron chi connectivity index (χ1n) is 9.61. The van der Waals surface area contributed by atoms with Gasteiger partial charge >= 0.3 is 0 Å². The fraction of sp³-hybridized carbons (Fsp3) is 0.571. The largest absolute Gasteiger partial charge is 0.449 e. The van der Waals surface area contributed by atoms with E-state index >= 15 is 0 Å². The quantitative estimate of drug-likeness (QED) is 0.847. The van der Waals surface area contributed by atoms with Crippen molar-refractivity contribution in [2.45, 2.75) is 45.7 Å². The lowest BCUT2D eigenvalue weighted by Gasteiger charge is -2.48. The van der Waals surface area contributed by atoms with Crippen molar-refractivity contribution in [3.63, 3.8) is 0 Å². The van der Waals surface area contributed by atoms with Gasteiger partial charge in [-0.25, -0.2) is 4.98 Å². The summed E-state index contributed by atoms with van der Waals surface area (Å²) in [5.74, 6) is 0.772. The van der Waals surface area contributed by atoms with E-state index in [0.29, 0.717) is 5.41 Å². The van der Waals surface area contributed by atoms with Crippen molar-refractivity contribution in [3.8, 4) is 0 Å². The summed E-state index contributed by atoms with van der Waals surface area (Å²) in [5.41, 5.74) is 2.97. The maximum Gasteiger partial charge on any atom is 0.191 e. The van der Waals surface area contributed by atoms with Crippen LogP contribution in [0.2, 0.25) is 0 Å². The predicted molar refractivity (Wildman–Crippen MR) is 99.1 cm³/mol. The average Bonchev–Trinajstić information content (AvgIpc) is 3.01. The molecule has 2 aliphatic rings. The fourth-order valence-corrected chi connectivity index (χ4v) is 4.77. The zero-order valence-corrected chi connectivity index (χ0v) is 15.3. The number of aryl methyl sites for hydroxylation is 1. The summed E-state index contributed by atoms with van der Waals surface area (Å²) >= 11 is 0. The minimum Gasteiger partial charge on any atom is -0.449 e. The molecule has 1 aromatic carbocycles. The standard InChI is InChI=1S/C21H29N3O/c1-18-22-20(15-25-18)14-24-12-6-10-21(17-24)9-5-11-23(16-21)13-19-7-3-2-4-8-19/h2-4,7-8,15H,5-6,9-14,16-17H2,1H3/t21-/m1/s1. The van der Waals surface area contributed by atoms with E-state index in [4.69, 9.17) is 4.42 Å². The fourth-order valence-electron chi connectivity index (χ4n) is 4.77. The van der Waals surface area contributed by atoms with E-state index < -0.39 is 0 Å². The van der Waals surface area contributed by atoms with E-state index in [2.05, 4.69) is 45.1 Å². The number of hydrogen-bond donors (Lipinski definition) is 0. The summed E-state index contributed by atoms with van der Waals surface area (Å²) in [7, 11) is 0. The molecule has 1 spiro atoms. The minimum atomic E-state index is 0.462. The van der Waals surface area contributed by atoms with Crippen molar-refractivity contribution < 1.29 is 4.42 Å². The van der Waals surface area contributed by atoms with Crippen LogP contribution in [0.15, 0.2) is 41.0 Å². The highest BCUT2D eigenvalue weighted by molar-refractivity contribution is 5.14. The molecule has 2 saturated heterocycles. The van der Waals surface area contributed by atoms with E-state index in [1.807, 2.05) is 13.2 Å². The maximum absolute atomic E-state index is 5.38. The predicted octanol–water partition coefficient (Wildman–Crippen LogP) is 3.86. The van der Waals surface area contributed by atoms with Crippen LogP contribution < -0.4 is 0 Å². The summed E-state index contributed by atoms with van der Waals surface area (Å²) in [4.78, 5) is 9.75. The molecule has 2 aliphatic heterocycles. The Kier molecular flexibility index (Phi) is 4.91. The van der Waals surface area contributed by atoms with Crippen LogP contribution in [0, 0.1) is 12.3 Å². The first-order chi connectivity index (χ1) is 12.2. The Morgan fingerprint density at radius 2 is 1.68 bits per heavy atom. The molecule has 0 aliphatic carbocycles. The molecule has 0 bridgehead atoms. The smallest absolute Gasteiger partial charge is 0.191 e. The van der Waals surface area contributed by atoms with Crippen molar-refractivity contribution in [2.24, 2.45) is 5.41 Å². The SMILES string of the molecule is Cc1nc(CN2CCC[C@@]3(CCCN(Cc4ccccc4)C3)C2)co1. The Hall–Kier alpha value is -1.65. The lowest BCUT2D eigenvalue weighted by molar-refractivity contribution is 0.00735. The van der Waals surface area contributed by atoms with Gasteiger partial charge in [-0.15, -0.1) is 0 Å². The van der Waals surface area contributed by atoms with Crippen molar-refractivity contribution in [1.29, 1.82) is 0 Å². The van der Waals surface area contributed by atoms with Crippen LogP contribution in [0.25, 0.3) is 0 Å². The number of aromatic nitrogens is 1. The number of rotatable bonds is 4. The topological polar surface area (TPSA) is 32.5 Å². The number of oxazole rings is 1. The van der Waals surface area contributed by atoms with Gasteiger partial charge in [0.25, 0.3) is 0 Å². The number of likely N-dealkylation sites (tertiary alicyclic amines) is 2. The Labute approximate surface area is 150 Å². The van der Waals surface area contributed by atoms with Crippen LogP contribution in [-0.2, 0) is 13.1 Å². The molecule has 2 aromatic rings. The van der Waals surface area contributed by atoms with Gasteiger partial charge in [0.15, 0.2) is 5.89 Å². The molecule has 0 radical (unpaired) electrons. The molecule has 3 heterocycles. The molecule has 1 atom stereocenters. The summed E-state index contributed by atoms with van der Waals surface area (Å²) in [5, 5.41) is 0. The zero-order chi connectivity index (χ0) is 17.1. The highest BCUT2D eigenvalue weighted by Gasteiger charge is 2.39. The highest BCUT2D eigenvalue weighted by atomic mass is 16.3. The molecular weight excluding hydrogens is 310 g/mol. The van der Waals surface area contributed by atoms with E-state index in [9.17, 15) is 0 Å². The summed E-state index contributed by atoms with van der Waals surface area (Å²) in [6.45, 7) is 8.79. The third kappa shape index (κ3) is 4.13. The van der Waals surface area contributed by atoms with Gasteiger partial charge in [-0.05, 0) is 49.8 Å². The molecule has 0 amide bonds. The molecule has 1 aromatic heterocycles. The van der Waals surface area contributed by atoms with Gasteiger partial charge in [-0.3, -0.25) is 9.80 Å². The second kappa shape index (κ2) is 7.30. The highest BCUT2D eigenvalue weighted by Crippen LogP contribution is 2.39. The lowest BCUT2D eigenvalue weighted by atomic mass is 9.73. The molecule has 4 heteroatoms. The van der Waals surface area contributed by atoms with Crippen LogP contribution in [-0.4, -0.2) is 41.0 Å². The monoisotopic (exact) mass is 339 g/mol. The van der Waals surface area contributed by atoms with Gasteiger partial charge in [0.05, 0.1) is 5.69 Å². The van der Waals surface area contributed by atoms with E-state index in [-0.39, 0.29) is 0 Å². The van der Waals surface area contributed by atoms with Crippen molar-refractivity contribution in [2.75, 3.05) is 26.2 Å². The summed E-state index contributed by atoms with van der Waals surface area (Å²) in [6.07, 6.45) is 7.18. The summed E-state index contributed by atoms with van der Waals surface area (Å²) in [6, 6.07) is 10.9. The number of hydrogen-bond acceptors (Lipinski definition) is 4. The van der Waals surface area contributed by atoms with Gasteiger partial charge < -0.3 is 4.42 Å². The number of piperidine rings is 2. The second-order valence-electron chi connectivity index (χ2n) is 7.97. The lowest BCUT2D eigenvalue weighted by Crippen LogP contribution is -2.51. The third-order valence-electron chi connectivity index (χ3n) is 5.78. The second-order valence-corrected chi connectivity index (χ2v) is 7.97. The van der Waals surface area contributed by atoms with Crippen molar-refractivity contribution in [1.82, 2.24) is 14.8 Å². The van der Waals surface area contributed by atoms with Gasteiger partial charge in [-0.2, -0.15) is 0 Å². The molecular formula is C21H29N3O. The molecule has 0 N–H and O–H groups in total. The van der Waals surface area contributed by atoms with Crippen molar-refractivity contribution in [3.05, 3.63) is 53.7 Å². The molecule has 134 valence electrons. The first-order valence-corrected chi connectivity index (χ1v) is 9.61. The van der Waals surface area contributed by atoms with Gasteiger partial charge in [0.1, 0.15) is 6.26 Å². The van der Waals surface area contributed by atoms with Gasteiger partial charge in [-0.1, -0.05) is 30.3 Å². The van der Waals surface area contributed by atoms with Crippen LogP contribution in [0.3, 0.4) is 0 Å². The van der Waals surface area contributed by atoms with E-state index in [1.165, 1.54) is 57.4 Å². The molecule has 2 fully saturated rings.